The molecule has 2 nitrogen and oxygen atoms in total. The molecule has 3 heteroatoms. The van der Waals surface area contributed by atoms with Crippen LogP contribution in [0, 0.1) is 0 Å². The van der Waals surface area contributed by atoms with Crippen LogP contribution in [0.3, 0.4) is 0 Å². The third-order valence-electron chi connectivity index (χ3n) is 3.34. The van der Waals surface area contributed by atoms with Gasteiger partial charge in [0.25, 0.3) is 0 Å². The number of thioether (sulfide) groups is 1. The fourth-order valence-electron chi connectivity index (χ4n) is 2.44. The van der Waals surface area contributed by atoms with E-state index in [-0.39, 0.29) is 0 Å². The predicted molar refractivity (Wildman–Crippen MR) is 69.6 cm³/mol. The van der Waals surface area contributed by atoms with Crippen molar-refractivity contribution in [2.75, 3.05) is 12.8 Å². The van der Waals surface area contributed by atoms with E-state index in [1.165, 1.54) is 41.4 Å². The largest absolute Gasteiger partial charge is 0.356 e. The van der Waals surface area contributed by atoms with Crippen LogP contribution in [-0.4, -0.2) is 23.5 Å². The maximum absolute atomic E-state index is 4.78. The van der Waals surface area contributed by atoms with Crippen LogP contribution < -0.4 is 0 Å². The summed E-state index contributed by atoms with van der Waals surface area (Å²) in [6, 6.07) is 6.63. The second-order valence-electron chi connectivity index (χ2n) is 4.40. The first-order valence-electron chi connectivity index (χ1n) is 5.86. The van der Waals surface area contributed by atoms with Gasteiger partial charge in [-0.05, 0) is 42.9 Å². The van der Waals surface area contributed by atoms with Crippen molar-refractivity contribution in [3.8, 4) is 0 Å². The minimum Gasteiger partial charge on any atom is -0.356 e. The number of hydrogen-bond donors (Lipinski definition) is 0. The van der Waals surface area contributed by atoms with Gasteiger partial charge in [-0.3, -0.25) is 0 Å². The lowest BCUT2D eigenvalue weighted by molar-refractivity contribution is 0.359. The number of aliphatic imine (C=N–C) groups is 1. The molecule has 0 atom stereocenters. The molecule has 0 amide bonds. The molecule has 84 valence electrons. The van der Waals surface area contributed by atoms with E-state index < -0.39 is 0 Å². The minimum atomic E-state index is 1.06. The van der Waals surface area contributed by atoms with Crippen molar-refractivity contribution in [1.29, 1.82) is 0 Å². The Balaban J connectivity index is 1.99. The van der Waals surface area contributed by atoms with Crippen LogP contribution >= 0.6 is 11.8 Å². The Bertz CT molecular complexity index is 440. The topological polar surface area (TPSA) is 15.6 Å². The van der Waals surface area contributed by atoms with E-state index in [2.05, 4.69) is 29.4 Å². The maximum Gasteiger partial charge on any atom is 0.105 e. The van der Waals surface area contributed by atoms with Crippen LogP contribution in [-0.2, 0) is 6.54 Å². The number of nitrogens with zero attached hydrogens (tertiary/aromatic N) is 2. The Kier molecular flexibility index (Phi) is 2.64. The normalized spacial score (nSPS) is 18.8. The number of amidine groups is 1. The lowest BCUT2D eigenvalue weighted by Crippen LogP contribution is -2.36. The third-order valence-corrected chi connectivity index (χ3v) is 4.07. The van der Waals surface area contributed by atoms with Gasteiger partial charge in [0.15, 0.2) is 0 Å². The Labute approximate surface area is 101 Å². The molecule has 1 saturated heterocycles. The highest BCUT2D eigenvalue weighted by atomic mass is 32.2. The fraction of sp³-hybridized carbons (Fsp3) is 0.462. The van der Waals surface area contributed by atoms with Gasteiger partial charge in [-0.1, -0.05) is 0 Å². The molecule has 0 unspecified atom stereocenters. The number of fused-ring (bicyclic) bond motifs is 2. The number of rotatable bonds is 1. The van der Waals surface area contributed by atoms with E-state index in [9.17, 15) is 0 Å². The van der Waals surface area contributed by atoms with Crippen LogP contribution in [0.4, 0.5) is 5.69 Å². The SMILES string of the molecule is CSc1ccc2c(c1)CN1CCCCC1=N2. The highest BCUT2D eigenvalue weighted by molar-refractivity contribution is 7.98. The summed E-state index contributed by atoms with van der Waals surface area (Å²) in [6.45, 7) is 2.24. The fourth-order valence-corrected chi connectivity index (χ4v) is 2.90. The van der Waals surface area contributed by atoms with Gasteiger partial charge in [0.1, 0.15) is 5.84 Å². The molecule has 0 N–H and O–H groups in total. The minimum absolute atomic E-state index is 1.06. The Morgan fingerprint density at radius 3 is 3.12 bits per heavy atom. The zero-order valence-corrected chi connectivity index (χ0v) is 10.4. The molecular weight excluding hydrogens is 216 g/mol. The van der Waals surface area contributed by atoms with Crippen molar-refractivity contribution in [3.63, 3.8) is 0 Å². The molecule has 0 saturated carbocycles. The second kappa shape index (κ2) is 4.13. The van der Waals surface area contributed by atoms with E-state index in [1.807, 2.05) is 0 Å². The molecule has 2 aliphatic rings. The molecule has 1 aromatic rings. The van der Waals surface area contributed by atoms with E-state index >= 15 is 0 Å². The summed E-state index contributed by atoms with van der Waals surface area (Å²) in [6.07, 6.45) is 5.90. The van der Waals surface area contributed by atoms with Crippen LogP contribution in [0.1, 0.15) is 24.8 Å². The molecule has 2 aliphatic heterocycles. The van der Waals surface area contributed by atoms with Crippen LogP contribution in [0.5, 0.6) is 0 Å². The van der Waals surface area contributed by atoms with Crippen LogP contribution in [0.2, 0.25) is 0 Å². The highest BCUT2D eigenvalue weighted by Crippen LogP contribution is 2.32. The zero-order chi connectivity index (χ0) is 11.0. The summed E-state index contributed by atoms with van der Waals surface area (Å²) in [4.78, 5) is 8.56. The molecule has 0 aromatic heterocycles. The number of benzene rings is 1. The van der Waals surface area contributed by atoms with Crippen molar-refractivity contribution < 1.29 is 0 Å². The highest BCUT2D eigenvalue weighted by Gasteiger charge is 2.22. The van der Waals surface area contributed by atoms with E-state index in [1.54, 1.807) is 11.8 Å². The van der Waals surface area contributed by atoms with E-state index in [0.29, 0.717) is 0 Å². The van der Waals surface area contributed by atoms with Gasteiger partial charge in [0.2, 0.25) is 0 Å². The number of hydrogen-bond acceptors (Lipinski definition) is 3. The predicted octanol–water partition coefficient (Wildman–Crippen LogP) is 3.44. The molecule has 3 rings (SSSR count). The molecule has 1 aromatic carbocycles. The average Bonchev–Trinajstić information content (AvgIpc) is 2.35. The van der Waals surface area contributed by atoms with Gasteiger partial charge in [-0.15, -0.1) is 11.8 Å². The summed E-state index contributed by atoms with van der Waals surface area (Å²) in [7, 11) is 0. The Morgan fingerprint density at radius 2 is 2.25 bits per heavy atom. The van der Waals surface area contributed by atoms with E-state index in [0.717, 1.165) is 13.0 Å². The Hall–Kier alpha value is -0.960. The summed E-state index contributed by atoms with van der Waals surface area (Å²) in [5.41, 5.74) is 2.57. The summed E-state index contributed by atoms with van der Waals surface area (Å²) in [5.74, 6) is 1.30. The lowest BCUT2D eigenvalue weighted by Gasteiger charge is -2.34. The van der Waals surface area contributed by atoms with Crippen molar-refractivity contribution in [2.45, 2.75) is 30.7 Å². The van der Waals surface area contributed by atoms with Gasteiger partial charge >= 0.3 is 0 Å². The quantitative estimate of drug-likeness (QED) is 0.689. The Morgan fingerprint density at radius 1 is 1.31 bits per heavy atom. The summed E-state index contributed by atoms with van der Waals surface area (Å²) >= 11 is 1.80. The molecule has 1 fully saturated rings. The first-order chi connectivity index (χ1) is 7.86. The van der Waals surface area contributed by atoms with E-state index in [4.69, 9.17) is 4.99 Å². The van der Waals surface area contributed by atoms with Gasteiger partial charge in [-0.2, -0.15) is 0 Å². The van der Waals surface area contributed by atoms with Gasteiger partial charge < -0.3 is 4.90 Å². The molecule has 2 heterocycles. The second-order valence-corrected chi connectivity index (χ2v) is 5.28. The zero-order valence-electron chi connectivity index (χ0n) is 9.57. The third kappa shape index (κ3) is 1.73. The van der Waals surface area contributed by atoms with Crippen LogP contribution in [0.25, 0.3) is 0 Å². The van der Waals surface area contributed by atoms with Crippen molar-refractivity contribution in [2.24, 2.45) is 4.99 Å². The molecule has 0 bridgehead atoms. The van der Waals surface area contributed by atoms with Crippen molar-refractivity contribution in [3.05, 3.63) is 23.8 Å². The number of piperidine rings is 1. The summed E-state index contributed by atoms with van der Waals surface area (Å²) in [5, 5.41) is 0. The molecular formula is C13H16N2S. The monoisotopic (exact) mass is 232 g/mol. The van der Waals surface area contributed by atoms with Crippen LogP contribution in [0.15, 0.2) is 28.1 Å². The first-order valence-corrected chi connectivity index (χ1v) is 7.09. The van der Waals surface area contributed by atoms with Crippen molar-refractivity contribution in [1.82, 2.24) is 4.90 Å². The molecule has 16 heavy (non-hydrogen) atoms. The van der Waals surface area contributed by atoms with Crippen molar-refractivity contribution >= 4 is 23.3 Å². The maximum atomic E-state index is 4.78. The average molecular weight is 232 g/mol. The van der Waals surface area contributed by atoms with Gasteiger partial charge in [-0.25, -0.2) is 4.99 Å². The summed E-state index contributed by atoms with van der Waals surface area (Å²) < 4.78 is 0. The molecule has 0 spiro atoms. The smallest absolute Gasteiger partial charge is 0.105 e. The standard InChI is InChI=1S/C13H16N2S/c1-16-11-5-6-12-10(8-11)9-15-7-3-2-4-13(15)14-12/h5-6,8H,2-4,7,9H2,1H3. The molecule has 0 radical (unpaired) electrons. The lowest BCUT2D eigenvalue weighted by atomic mass is 10.0. The van der Waals surface area contributed by atoms with Gasteiger partial charge in [0.05, 0.1) is 5.69 Å². The molecule has 0 aliphatic carbocycles. The van der Waals surface area contributed by atoms with Gasteiger partial charge in [0, 0.05) is 24.4 Å². The first kappa shape index (κ1) is 10.2.